The number of thioether (sulfide) groups is 1. The third-order valence-electron chi connectivity index (χ3n) is 3.47. The van der Waals surface area contributed by atoms with Crippen LogP contribution in [0, 0.1) is 0 Å². The third-order valence-corrected chi connectivity index (χ3v) is 4.84. The molecule has 2 saturated carbocycles. The maximum atomic E-state index is 11.6. The Hall–Kier alpha value is -0.180. The van der Waals surface area contributed by atoms with E-state index in [9.17, 15) is 4.79 Å². The van der Waals surface area contributed by atoms with Gasteiger partial charge in [-0.3, -0.25) is 4.79 Å². The fraction of sp³-hybridized carbons (Fsp3) is 0.917. The van der Waals surface area contributed by atoms with E-state index >= 15 is 0 Å². The normalized spacial score (nSPS) is 23.5. The van der Waals surface area contributed by atoms with E-state index in [4.69, 9.17) is 0 Å². The van der Waals surface area contributed by atoms with Crippen molar-refractivity contribution in [2.45, 2.75) is 62.7 Å². The standard InChI is InChI=1S/C12H21NOS/c14-12(13-10-5-1-2-6-10)9-15-11-7-3-4-8-11/h10-11H,1-9H2,(H,13,14). The van der Waals surface area contributed by atoms with Gasteiger partial charge in [0.05, 0.1) is 5.75 Å². The molecule has 3 heteroatoms. The minimum absolute atomic E-state index is 0.263. The largest absolute Gasteiger partial charge is 0.353 e. The minimum atomic E-state index is 0.263. The lowest BCUT2D eigenvalue weighted by atomic mass is 10.2. The van der Waals surface area contributed by atoms with E-state index in [2.05, 4.69) is 5.32 Å². The van der Waals surface area contributed by atoms with Crippen LogP contribution in [0.3, 0.4) is 0 Å². The van der Waals surface area contributed by atoms with Crippen molar-refractivity contribution in [1.29, 1.82) is 0 Å². The second kappa shape index (κ2) is 5.78. The maximum absolute atomic E-state index is 11.6. The van der Waals surface area contributed by atoms with Crippen molar-refractivity contribution >= 4 is 17.7 Å². The molecular formula is C12H21NOS. The van der Waals surface area contributed by atoms with E-state index in [-0.39, 0.29) is 5.91 Å². The summed E-state index contributed by atoms with van der Waals surface area (Å²) in [7, 11) is 0. The summed E-state index contributed by atoms with van der Waals surface area (Å²) in [6, 6.07) is 0.488. The van der Waals surface area contributed by atoms with E-state index in [1.165, 1.54) is 51.4 Å². The lowest BCUT2D eigenvalue weighted by molar-refractivity contribution is -0.119. The van der Waals surface area contributed by atoms with Crippen LogP contribution >= 0.6 is 11.8 Å². The fourth-order valence-electron chi connectivity index (χ4n) is 2.59. The molecule has 0 radical (unpaired) electrons. The Morgan fingerprint density at radius 3 is 2.33 bits per heavy atom. The number of carbonyl (C=O) groups is 1. The van der Waals surface area contributed by atoms with Gasteiger partial charge in [0.2, 0.25) is 5.91 Å². The molecule has 15 heavy (non-hydrogen) atoms. The smallest absolute Gasteiger partial charge is 0.230 e. The van der Waals surface area contributed by atoms with Gasteiger partial charge < -0.3 is 5.32 Å². The van der Waals surface area contributed by atoms with Crippen molar-refractivity contribution in [1.82, 2.24) is 5.32 Å². The lowest BCUT2D eigenvalue weighted by Crippen LogP contribution is -2.34. The molecule has 0 heterocycles. The maximum Gasteiger partial charge on any atom is 0.230 e. The molecule has 0 atom stereocenters. The predicted octanol–water partition coefficient (Wildman–Crippen LogP) is 2.72. The van der Waals surface area contributed by atoms with Crippen molar-refractivity contribution < 1.29 is 4.79 Å². The van der Waals surface area contributed by atoms with Crippen molar-refractivity contribution in [3.05, 3.63) is 0 Å². The molecule has 2 aliphatic carbocycles. The van der Waals surface area contributed by atoms with Crippen LogP contribution in [-0.4, -0.2) is 23.0 Å². The molecule has 0 unspecified atom stereocenters. The van der Waals surface area contributed by atoms with Crippen LogP contribution in [0.2, 0.25) is 0 Å². The molecular weight excluding hydrogens is 206 g/mol. The summed E-state index contributed by atoms with van der Waals surface area (Å²) in [5.74, 6) is 0.944. The van der Waals surface area contributed by atoms with Crippen molar-refractivity contribution in [3.8, 4) is 0 Å². The van der Waals surface area contributed by atoms with E-state index in [1.807, 2.05) is 11.8 Å². The zero-order valence-electron chi connectivity index (χ0n) is 9.34. The molecule has 2 rings (SSSR count). The topological polar surface area (TPSA) is 29.1 Å². The second-order valence-electron chi connectivity index (χ2n) is 4.77. The molecule has 2 fully saturated rings. The quantitative estimate of drug-likeness (QED) is 0.800. The Morgan fingerprint density at radius 1 is 1.07 bits per heavy atom. The summed E-state index contributed by atoms with van der Waals surface area (Å²) in [6.45, 7) is 0. The van der Waals surface area contributed by atoms with Crippen molar-refractivity contribution in [2.24, 2.45) is 0 Å². The first-order valence-electron chi connectivity index (χ1n) is 6.25. The molecule has 86 valence electrons. The number of amides is 1. The van der Waals surface area contributed by atoms with Crippen LogP contribution in [0.15, 0.2) is 0 Å². The number of hydrogen-bond acceptors (Lipinski definition) is 2. The molecule has 1 amide bonds. The summed E-state index contributed by atoms with van der Waals surface area (Å²) in [6.07, 6.45) is 10.3. The van der Waals surface area contributed by atoms with E-state index in [1.54, 1.807) is 0 Å². The first-order chi connectivity index (χ1) is 7.34. The number of carbonyl (C=O) groups excluding carboxylic acids is 1. The number of nitrogens with one attached hydrogen (secondary N) is 1. The van der Waals surface area contributed by atoms with Crippen LogP contribution in [0.1, 0.15) is 51.4 Å². The zero-order chi connectivity index (χ0) is 10.5. The van der Waals surface area contributed by atoms with Gasteiger partial charge in [-0.15, -0.1) is 11.8 Å². The Labute approximate surface area is 96.6 Å². The second-order valence-corrected chi connectivity index (χ2v) is 6.06. The Kier molecular flexibility index (Phi) is 4.36. The summed E-state index contributed by atoms with van der Waals surface area (Å²) in [5, 5.41) is 3.91. The lowest BCUT2D eigenvalue weighted by Gasteiger charge is -2.13. The molecule has 0 aromatic heterocycles. The van der Waals surface area contributed by atoms with E-state index in [0.717, 1.165) is 5.25 Å². The highest BCUT2D eigenvalue weighted by atomic mass is 32.2. The molecule has 2 nitrogen and oxygen atoms in total. The average molecular weight is 227 g/mol. The zero-order valence-corrected chi connectivity index (χ0v) is 10.2. The monoisotopic (exact) mass is 227 g/mol. The fourth-order valence-corrected chi connectivity index (χ4v) is 3.73. The summed E-state index contributed by atoms with van der Waals surface area (Å²) < 4.78 is 0. The van der Waals surface area contributed by atoms with Gasteiger partial charge in [-0.2, -0.15) is 0 Å². The average Bonchev–Trinajstić information content (AvgIpc) is 2.86. The molecule has 0 bridgehead atoms. The van der Waals surface area contributed by atoms with Gasteiger partial charge in [0.15, 0.2) is 0 Å². The van der Waals surface area contributed by atoms with Gasteiger partial charge in [-0.1, -0.05) is 25.7 Å². The Morgan fingerprint density at radius 2 is 1.67 bits per heavy atom. The van der Waals surface area contributed by atoms with E-state index < -0.39 is 0 Å². The van der Waals surface area contributed by atoms with Crippen LogP contribution in [0.4, 0.5) is 0 Å². The highest BCUT2D eigenvalue weighted by molar-refractivity contribution is 8.00. The van der Waals surface area contributed by atoms with Crippen molar-refractivity contribution in [2.75, 3.05) is 5.75 Å². The summed E-state index contributed by atoms with van der Waals surface area (Å²) in [4.78, 5) is 11.6. The van der Waals surface area contributed by atoms with Gasteiger partial charge in [-0.05, 0) is 25.7 Å². The molecule has 0 spiro atoms. The van der Waals surface area contributed by atoms with Gasteiger partial charge in [-0.25, -0.2) is 0 Å². The molecule has 1 N–H and O–H groups in total. The first kappa shape index (κ1) is 11.3. The summed E-state index contributed by atoms with van der Waals surface area (Å²) >= 11 is 1.86. The summed E-state index contributed by atoms with van der Waals surface area (Å²) in [5.41, 5.74) is 0. The highest BCUT2D eigenvalue weighted by Gasteiger charge is 2.19. The molecule has 2 aliphatic rings. The minimum Gasteiger partial charge on any atom is -0.353 e. The highest BCUT2D eigenvalue weighted by Crippen LogP contribution is 2.29. The van der Waals surface area contributed by atoms with Crippen LogP contribution in [0.5, 0.6) is 0 Å². The predicted molar refractivity (Wildman–Crippen MR) is 65.1 cm³/mol. The number of rotatable bonds is 4. The van der Waals surface area contributed by atoms with Crippen LogP contribution < -0.4 is 5.32 Å². The van der Waals surface area contributed by atoms with Gasteiger partial charge in [0.1, 0.15) is 0 Å². The molecule has 0 aliphatic heterocycles. The Bertz CT molecular complexity index is 208. The van der Waals surface area contributed by atoms with Gasteiger partial charge in [0.25, 0.3) is 0 Å². The van der Waals surface area contributed by atoms with E-state index in [0.29, 0.717) is 11.8 Å². The van der Waals surface area contributed by atoms with Crippen molar-refractivity contribution in [3.63, 3.8) is 0 Å². The van der Waals surface area contributed by atoms with Crippen LogP contribution in [-0.2, 0) is 4.79 Å². The molecule has 0 aromatic carbocycles. The number of hydrogen-bond donors (Lipinski definition) is 1. The van der Waals surface area contributed by atoms with Crippen LogP contribution in [0.25, 0.3) is 0 Å². The van der Waals surface area contributed by atoms with Gasteiger partial charge >= 0.3 is 0 Å². The first-order valence-corrected chi connectivity index (χ1v) is 7.30. The molecule has 0 aromatic rings. The molecule has 0 saturated heterocycles. The van der Waals surface area contributed by atoms with Gasteiger partial charge in [0, 0.05) is 11.3 Å². The third kappa shape index (κ3) is 3.71. The Balaban J connectivity index is 1.59. The SMILES string of the molecule is O=C(CSC1CCCC1)NC1CCCC1.